The van der Waals surface area contributed by atoms with Crippen molar-refractivity contribution in [1.29, 1.82) is 0 Å². The summed E-state index contributed by atoms with van der Waals surface area (Å²) in [6.07, 6.45) is 1.55. The minimum absolute atomic E-state index is 0.112. The summed E-state index contributed by atoms with van der Waals surface area (Å²) in [5, 5.41) is 3.97. The zero-order valence-corrected chi connectivity index (χ0v) is 19.5. The molecule has 0 fully saturated rings. The second-order valence-electron chi connectivity index (χ2n) is 7.27. The molecule has 8 nitrogen and oxygen atoms in total. The molecule has 0 aliphatic heterocycles. The average molecular weight is 467 g/mol. The maximum absolute atomic E-state index is 12.6. The van der Waals surface area contributed by atoms with Crippen LogP contribution in [-0.4, -0.2) is 41.2 Å². The van der Waals surface area contributed by atoms with Gasteiger partial charge in [0.2, 0.25) is 0 Å². The average Bonchev–Trinajstić information content (AvgIpc) is 2.80. The first-order valence-electron chi connectivity index (χ1n) is 10.2. The Morgan fingerprint density at radius 1 is 0.970 bits per heavy atom. The molecule has 9 heteroatoms. The normalized spacial score (nSPS) is 11.2. The van der Waals surface area contributed by atoms with Gasteiger partial charge >= 0.3 is 0 Å². The van der Waals surface area contributed by atoms with E-state index in [0.29, 0.717) is 23.6 Å². The summed E-state index contributed by atoms with van der Waals surface area (Å²) < 4.78 is 33.0. The maximum atomic E-state index is 12.6. The molecule has 0 saturated heterocycles. The van der Waals surface area contributed by atoms with Crippen LogP contribution in [0.2, 0.25) is 0 Å². The van der Waals surface area contributed by atoms with E-state index in [1.54, 1.807) is 18.3 Å². The van der Waals surface area contributed by atoms with Gasteiger partial charge in [0.05, 0.1) is 17.7 Å². The van der Waals surface area contributed by atoms with E-state index >= 15 is 0 Å². The summed E-state index contributed by atoms with van der Waals surface area (Å²) in [6.45, 7) is 2.35. The fraction of sp³-hybridized carbons (Fsp3) is 0.167. The van der Waals surface area contributed by atoms with E-state index in [2.05, 4.69) is 15.2 Å². The Hall–Kier alpha value is -3.85. The van der Waals surface area contributed by atoms with Crippen molar-refractivity contribution in [3.63, 3.8) is 0 Å². The summed E-state index contributed by atoms with van der Waals surface area (Å²) in [6, 6.07) is 19.9. The lowest BCUT2D eigenvalue weighted by Crippen LogP contribution is -2.18. The number of amides is 1. The number of hydrazone groups is 1. The van der Waals surface area contributed by atoms with Gasteiger partial charge in [-0.25, -0.2) is 13.8 Å². The zero-order chi connectivity index (χ0) is 23.8. The topological polar surface area (TPSA) is 100 Å². The third kappa shape index (κ3) is 6.56. The fourth-order valence-corrected chi connectivity index (χ4v) is 3.93. The number of nitrogens with one attached hydrogen (secondary N) is 2. The van der Waals surface area contributed by atoms with Gasteiger partial charge in [0.25, 0.3) is 15.9 Å². The molecule has 0 atom stereocenters. The number of nitrogens with zero attached hydrogens (tertiary/aromatic N) is 2. The lowest BCUT2D eigenvalue weighted by molar-refractivity contribution is 0.0955. The Labute approximate surface area is 193 Å². The molecule has 1 amide bonds. The standard InChI is InChI=1S/C24H26N4O4S/c1-4-32-22-13-15-23(16-14-22)33(30,31)27-20-9-7-19(8-10-20)24(29)26-25-17-18-5-11-21(12-6-18)28(2)3/h5-17,27H,4H2,1-3H3,(H,26,29)/b25-17+. The quantitative estimate of drug-likeness (QED) is 0.370. The fourth-order valence-electron chi connectivity index (χ4n) is 2.87. The van der Waals surface area contributed by atoms with Gasteiger partial charge in [-0.3, -0.25) is 9.52 Å². The van der Waals surface area contributed by atoms with Crippen molar-refractivity contribution < 1.29 is 17.9 Å². The predicted octanol–water partition coefficient (Wildman–Crippen LogP) is 3.72. The number of hydrogen-bond donors (Lipinski definition) is 2. The summed E-state index contributed by atoms with van der Waals surface area (Å²) in [5.74, 6) is 0.192. The number of benzene rings is 3. The van der Waals surface area contributed by atoms with E-state index in [4.69, 9.17) is 4.74 Å². The first-order valence-corrected chi connectivity index (χ1v) is 11.7. The maximum Gasteiger partial charge on any atom is 0.271 e. The molecule has 3 rings (SSSR count). The predicted molar refractivity (Wildman–Crippen MR) is 131 cm³/mol. The van der Waals surface area contributed by atoms with Gasteiger partial charge in [0.15, 0.2) is 0 Å². The van der Waals surface area contributed by atoms with Crippen LogP contribution in [0.1, 0.15) is 22.8 Å². The van der Waals surface area contributed by atoms with E-state index in [1.807, 2.05) is 50.2 Å². The van der Waals surface area contributed by atoms with Crippen molar-refractivity contribution >= 4 is 33.5 Å². The number of hydrogen-bond acceptors (Lipinski definition) is 6. The third-order valence-corrected chi connectivity index (χ3v) is 6.03. The molecule has 0 spiro atoms. The largest absolute Gasteiger partial charge is 0.494 e. The number of ether oxygens (including phenoxy) is 1. The second kappa shape index (κ2) is 10.6. The van der Waals surface area contributed by atoms with Gasteiger partial charge in [-0.15, -0.1) is 0 Å². The number of sulfonamides is 1. The number of rotatable bonds is 9. The highest BCUT2D eigenvalue weighted by molar-refractivity contribution is 7.92. The van der Waals surface area contributed by atoms with Crippen LogP contribution in [0.5, 0.6) is 5.75 Å². The number of carbonyl (C=O) groups is 1. The molecule has 0 unspecified atom stereocenters. The molecule has 0 radical (unpaired) electrons. The summed E-state index contributed by atoms with van der Waals surface area (Å²) >= 11 is 0. The van der Waals surface area contributed by atoms with Crippen LogP contribution in [-0.2, 0) is 10.0 Å². The lowest BCUT2D eigenvalue weighted by atomic mass is 10.2. The van der Waals surface area contributed by atoms with Crippen LogP contribution in [0.25, 0.3) is 0 Å². The molecule has 2 N–H and O–H groups in total. The van der Waals surface area contributed by atoms with Gasteiger partial charge in [-0.2, -0.15) is 5.10 Å². The van der Waals surface area contributed by atoms with E-state index in [1.165, 1.54) is 36.4 Å². The van der Waals surface area contributed by atoms with E-state index in [0.717, 1.165) is 11.3 Å². The highest BCUT2D eigenvalue weighted by Gasteiger charge is 2.14. The zero-order valence-electron chi connectivity index (χ0n) is 18.6. The summed E-state index contributed by atoms with van der Waals surface area (Å²) in [5.41, 5.74) is 5.06. The Morgan fingerprint density at radius 2 is 1.61 bits per heavy atom. The Balaban J connectivity index is 1.59. The first-order chi connectivity index (χ1) is 15.8. The molecule has 3 aromatic rings. The highest BCUT2D eigenvalue weighted by Crippen LogP contribution is 2.20. The minimum Gasteiger partial charge on any atom is -0.494 e. The molecule has 0 aliphatic carbocycles. The van der Waals surface area contributed by atoms with Crippen molar-refractivity contribution in [3.8, 4) is 5.75 Å². The van der Waals surface area contributed by atoms with Crippen LogP contribution in [0.3, 0.4) is 0 Å². The molecule has 33 heavy (non-hydrogen) atoms. The van der Waals surface area contributed by atoms with Gasteiger partial charge < -0.3 is 9.64 Å². The molecule has 3 aromatic carbocycles. The van der Waals surface area contributed by atoms with E-state index in [-0.39, 0.29) is 4.90 Å². The molecule has 172 valence electrons. The van der Waals surface area contributed by atoms with Crippen molar-refractivity contribution in [1.82, 2.24) is 5.43 Å². The number of carbonyl (C=O) groups excluding carboxylic acids is 1. The first kappa shape index (κ1) is 23.8. The van der Waals surface area contributed by atoms with Crippen LogP contribution in [0, 0.1) is 0 Å². The van der Waals surface area contributed by atoms with Crippen LogP contribution < -0.4 is 19.8 Å². The van der Waals surface area contributed by atoms with Gasteiger partial charge in [-0.05, 0) is 73.2 Å². The summed E-state index contributed by atoms with van der Waals surface area (Å²) in [7, 11) is 0.152. The third-order valence-electron chi connectivity index (χ3n) is 4.63. The Morgan fingerprint density at radius 3 is 2.18 bits per heavy atom. The molecular weight excluding hydrogens is 440 g/mol. The smallest absolute Gasteiger partial charge is 0.271 e. The Bertz CT molecular complexity index is 1200. The van der Waals surface area contributed by atoms with Crippen LogP contribution >= 0.6 is 0 Å². The molecule has 0 bridgehead atoms. The molecule has 0 aliphatic rings. The summed E-state index contributed by atoms with van der Waals surface area (Å²) in [4.78, 5) is 14.4. The monoisotopic (exact) mass is 466 g/mol. The SMILES string of the molecule is CCOc1ccc(S(=O)(=O)Nc2ccc(C(=O)N/N=C/c3ccc(N(C)C)cc3)cc2)cc1. The van der Waals surface area contributed by atoms with Gasteiger partial charge in [0, 0.05) is 31.0 Å². The lowest BCUT2D eigenvalue weighted by Gasteiger charge is -2.11. The minimum atomic E-state index is -3.76. The molecule has 0 saturated carbocycles. The van der Waals surface area contributed by atoms with Crippen molar-refractivity contribution in [3.05, 3.63) is 83.9 Å². The van der Waals surface area contributed by atoms with Crippen molar-refractivity contribution in [2.24, 2.45) is 5.10 Å². The molecule has 0 aromatic heterocycles. The number of anilines is 2. The second-order valence-corrected chi connectivity index (χ2v) is 8.95. The van der Waals surface area contributed by atoms with E-state index < -0.39 is 15.9 Å². The molecule has 0 heterocycles. The Kier molecular flexibility index (Phi) is 7.68. The van der Waals surface area contributed by atoms with Crippen LogP contribution in [0.4, 0.5) is 11.4 Å². The van der Waals surface area contributed by atoms with Gasteiger partial charge in [-0.1, -0.05) is 12.1 Å². The van der Waals surface area contributed by atoms with Crippen molar-refractivity contribution in [2.75, 3.05) is 30.3 Å². The van der Waals surface area contributed by atoms with Crippen molar-refractivity contribution in [2.45, 2.75) is 11.8 Å². The van der Waals surface area contributed by atoms with Crippen LogP contribution in [0.15, 0.2) is 82.8 Å². The van der Waals surface area contributed by atoms with Gasteiger partial charge in [0.1, 0.15) is 5.75 Å². The highest BCUT2D eigenvalue weighted by atomic mass is 32.2. The van der Waals surface area contributed by atoms with E-state index in [9.17, 15) is 13.2 Å². The molecular formula is C24H26N4O4S.